The van der Waals surface area contributed by atoms with Crippen LogP contribution in [0.15, 0.2) is 23.1 Å². The molecule has 1 aliphatic heterocycles. The molecule has 0 bridgehead atoms. The molecule has 0 aromatic rings. The van der Waals surface area contributed by atoms with E-state index >= 15 is 0 Å². The van der Waals surface area contributed by atoms with Crippen LogP contribution < -0.4 is 0 Å². The summed E-state index contributed by atoms with van der Waals surface area (Å²) >= 11 is 0. The number of rotatable bonds is 0. The molecule has 0 aromatic heterocycles. The predicted octanol–water partition coefficient (Wildman–Crippen LogP) is 1.29. The van der Waals surface area contributed by atoms with E-state index in [0.29, 0.717) is 5.84 Å². The van der Waals surface area contributed by atoms with Crippen LogP contribution in [0.5, 0.6) is 0 Å². The summed E-state index contributed by atoms with van der Waals surface area (Å²) in [5.41, 5.74) is 0.0700. The van der Waals surface area contributed by atoms with Crippen molar-refractivity contribution in [2.24, 2.45) is 9.98 Å². The number of amidine groups is 2. The monoisotopic (exact) mass is 150 g/mol. The third-order valence-corrected chi connectivity index (χ3v) is 0.909. The zero-order valence-electron chi connectivity index (χ0n) is 6.39. The molecule has 4 nitrogen and oxygen atoms in total. The van der Waals surface area contributed by atoms with Crippen molar-refractivity contribution in [1.82, 2.24) is 0 Å². The molecule has 11 heavy (non-hydrogen) atoms. The van der Waals surface area contributed by atoms with E-state index in [2.05, 4.69) is 23.1 Å². The minimum atomic E-state index is -0.0116. The first-order chi connectivity index (χ1) is 5.20. The molecule has 1 rings (SSSR count). The molecule has 0 saturated carbocycles. The lowest BCUT2D eigenvalue weighted by atomic mass is 10.3. The lowest BCUT2D eigenvalue weighted by molar-refractivity contribution is 1.41. The van der Waals surface area contributed by atoms with Crippen LogP contribution in [0.1, 0.15) is 6.92 Å². The highest BCUT2D eigenvalue weighted by molar-refractivity contribution is 6.63. The molecular weight excluding hydrogens is 140 g/mol. The van der Waals surface area contributed by atoms with Crippen LogP contribution in [0.3, 0.4) is 0 Å². The second-order valence-corrected chi connectivity index (χ2v) is 1.68. The fourth-order valence-corrected chi connectivity index (χ4v) is 0.470. The van der Waals surface area contributed by atoms with Gasteiger partial charge in [0.15, 0.2) is 5.84 Å². The number of nitrogens with one attached hydrogen (secondary N) is 2. The summed E-state index contributed by atoms with van der Waals surface area (Å²) in [6.07, 6.45) is 1.32. The first-order valence-electron chi connectivity index (χ1n) is 2.97. The highest BCUT2D eigenvalue weighted by Crippen LogP contribution is 1.89. The van der Waals surface area contributed by atoms with Gasteiger partial charge in [0.2, 0.25) is 0 Å². The maximum Gasteiger partial charge on any atom is 0.173 e. The Balaban J connectivity index is 0.000000461. The molecule has 0 radical (unpaired) electrons. The second kappa shape index (κ2) is 4.27. The zero-order valence-corrected chi connectivity index (χ0v) is 6.39. The van der Waals surface area contributed by atoms with E-state index in [-0.39, 0.29) is 11.5 Å². The standard InChI is InChI=1S/C5H6N4.C2H4/c1-3-8-2-4(6)5(7)9-3;1-2/h2,6-7H,1H3;1-2H2. The van der Waals surface area contributed by atoms with E-state index in [1.807, 2.05) is 0 Å². The van der Waals surface area contributed by atoms with Gasteiger partial charge in [0, 0.05) is 0 Å². The summed E-state index contributed by atoms with van der Waals surface area (Å²) in [6, 6.07) is 0. The molecule has 0 amide bonds. The summed E-state index contributed by atoms with van der Waals surface area (Å²) < 4.78 is 0. The summed E-state index contributed by atoms with van der Waals surface area (Å²) in [5.74, 6) is 0.526. The van der Waals surface area contributed by atoms with E-state index in [1.54, 1.807) is 6.92 Å². The van der Waals surface area contributed by atoms with Crippen LogP contribution in [0.2, 0.25) is 0 Å². The quantitative estimate of drug-likeness (QED) is 0.488. The van der Waals surface area contributed by atoms with Gasteiger partial charge in [-0.05, 0) is 6.92 Å². The largest absolute Gasteiger partial charge is 0.296 e. The predicted molar refractivity (Wildman–Crippen MR) is 48.3 cm³/mol. The topological polar surface area (TPSA) is 72.4 Å². The minimum Gasteiger partial charge on any atom is -0.296 e. The van der Waals surface area contributed by atoms with Crippen molar-refractivity contribution in [3.8, 4) is 0 Å². The van der Waals surface area contributed by atoms with Crippen molar-refractivity contribution in [1.29, 1.82) is 10.8 Å². The second-order valence-electron chi connectivity index (χ2n) is 1.68. The highest BCUT2D eigenvalue weighted by atomic mass is 15.0. The Kier molecular flexibility index (Phi) is 3.66. The number of nitrogens with zero attached hydrogens (tertiary/aromatic N) is 2. The van der Waals surface area contributed by atoms with Gasteiger partial charge in [0.1, 0.15) is 11.5 Å². The lowest BCUT2D eigenvalue weighted by Crippen LogP contribution is -2.16. The van der Waals surface area contributed by atoms with Gasteiger partial charge in [-0.25, -0.2) is 9.98 Å². The van der Waals surface area contributed by atoms with E-state index in [1.165, 1.54) is 6.21 Å². The third kappa shape index (κ3) is 2.66. The highest BCUT2D eigenvalue weighted by Gasteiger charge is 2.04. The molecule has 1 heterocycles. The van der Waals surface area contributed by atoms with Crippen molar-refractivity contribution < 1.29 is 0 Å². The van der Waals surface area contributed by atoms with E-state index in [0.717, 1.165) is 0 Å². The van der Waals surface area contributed by atoms with Gasteiger partial charge in [0.05, 0.1) is 6.21 Å². The van der Waals surface area contributed by atoms with Gasteiger partial charge < -0.3 is 0 Å². The molecule has 2 N–H and O–H groups in total. The lowest BCUT2D eigenvalue weighted by Gasteiger charge is -2.00. The van der Waals surface area contributed by atoms with Gasteiger partial charge in [-0.3, -0.25) is 10.8 Å². The number of hydrogen-bond donors (Lipinski definition) is 2. The maximum atomic E-state index is 7.02. The van der Waals surface area contributed by atoms with E-state index in [4.69, 9.17) is 10.8 Å². The van der Waals surface area contributed by atoms with Crippen LogP contribution in [-0.2, 0) is 0 Å². The Bertz CT molecular complexity index is 237. The van der Waals surface area contributed by atoms with Crippen molar-refractivity contribution >= 4 is 23.6 Å². The third-order valence-electron chi connectivity index (χ3n) is 0.909. The summed E-state index contributed by atoms with van der Waals surface area (Å²) in [7, 11) is 0. The molecule has 0 spiro atoms. The molecule has 0 aliphatic carbocycles. The average molecular weight is 150 g/mol. The molecule has 58 valence electrons. The van der Waals surface area contributed by atoms with Gasteiger partial charge >= 0.3 is 0 Å². The SMILES string of the molecule is C=C.CC1=NC(=N)C(=N)C=N1. The maximum absolute atomic E-state index is 7.02. The molecule has 1 aliphatic rings. The summed E-state index contributed by atoms with van der Waals surface area (Å²) in [6.45, 7) is 7.69. The molecule has 4 heteroatoms. The summed E-state index contributed by atoms with van der Waals surface area (Å²) in [5, 5.41) is 14.0. The van der Waals surface area contributed by atoms with Crippen molar-refractivity contribution in [3.63, 3.8) is 0 Å². The van der Waals surface area contributed by atoms with Gasteiger partial charge in [0.25, 0.3) is 0 Å². The van der Waals surface area contributed by atoms with Gasteiger partial charge in [-0.2, -0.15) is 0 Å². The Labute approximate surface area is 65.4 Å². The first kappa shape index (κ1) is 9.42. The number of hydrogen-bond acceptors (Lipinski definition) is 3. The average Bonchev–Trinajstić information content (AvgIpc) is 2.02. The molecular formula is C7H10N4. The van der Waals surface area contributed by atoms with Crippen LogP contribution in [0.25, 0.3) is 0 Å². The molecule has 0 unspecified atom stereocenters. The minimum absolute atomic E-state index is 0.0116. The summed E-state index contributed by atoms with van der Waals surface area (Å²) in [4.78, 5) is 7.36. The number of aliphatic imine (C=N–C) groups is 2. The van der Waals surface area contributed by atoms with Gasteiger partial charge in [-0.1, -0.05) is 0 Å². The fraction of sp³-hybridized carbons (Fsp3) is 0.143. The van der Waals surface area contributed by atoms with E-state index < -0.39 is 0 Å². The Morgan fingerprint density at radius 2 is 1.91 bits per heavy atom. The molecule has 0 fully saturated rings. The molecule has 0 saturated heterocycles. The van der Waals surface area contributed by atoms with E-state index in [9.17, 15) is 0 Å². The van der Waals surface area contributed by atoms with Crippen molar-refractivity contribution in [2.45, 2.75) is 6.92 Å². The van der Waals surface area contributed by atoms with Crippen LogP contribution in [0, 0.1) is 10.8 Å². The smallest absolute Gasteiger partial charge is 0.173 e. The van der Waals surface area contributed by atoms with Crippen LogP contribution in [-0.4, -0.2) is 23.6 Å². The molecule has 0 atom stereocenters. The molecule has 0 aromatic carbocycles. The van der Waals surface area contributed by atoms with Crippen molar-refractivity contribution in [2.75, 3.05) is 0 Å². The fourth-order valence-electron chi connectivity index (χ4n) is 0.470. The van der Waals surface area contributed by atoms with Crippen LogP contribution >= 0.6 is 0 Å². The normalized spacial score (nSPS) is 15.2. The Morgan fingerprint density at radius 1 is 1.36 bits per heavy atom. The van der Waals surface area contributed by atoms with Crippen molar-refractivity contribution in [3.05, 3.63) is 13.2 Å². The van der Waals surface area contributed by atoms with Gasteiger partial charge in [-0.15, -0.1) is 13.2 Å². The Hall–Kier alpha value is -1.58. The first-order valence-corrected chi connectivity index (χ1v) is 2.97. The zero-order chi connectivity index (χ0) is 8.85. The van der Waals surface area contributed by atoms with Crippen LogP contribution in [0.4, 0.5) is 0 Å². The Morgan fingerprint density at radius 3 is 2.27 bits per heavy atom.